The number of hydrogen-bond donors (Lipinski definition) is 1. The SMILES string of the molecule is C=CCOc1cc2ccc(/C=C/CCCC(C)O)cc2cn1. The number of unbranched alkanes of at least 4 members (excludes halogenated alkanes) is 1. The highest BCUT2D eigenvalue weighted by atomic mass is 16.5. The van der Waals surface area contributed by atoms with Crippen LogP contribution in [0.25, 0.3) is 16.8 Å². The maximum atomic E-state index is 9.22. The van der Waals surface area contributed by atoms with E-state index in [1.807, 2.05) is 19.2 Å². The molecule has 1 N–H and O–H groups in total. The topological polar surface area (TPSA) is 42.4 Å². The largest absolute Gasteiger partial charge is 0.473 e. The second-order valence-corrected chi connectivity index (χ2v) is 5.41. The van der Waals surface area contributed by atoms with Crippen LogP contribution >= 0.6 is 0 Å². The third-order valence-electron chi connectivity index (χ3n) is 3.37. The summed E-state index contributed by atoms with van der Waals surface area (Å²) in [4.78, 5) is 4.29. The van der Waals surface area contributed by atoms with Gasteiger partial charge < -0.3 is 9.84 Å². The molecule has 1 heterocycles. The number of aromatic nitrogens is 1. The van der Waals surface area contributed by atoms with E-state index in [-0.39, 0.29) is 6.10 Å². The van der Waals surface area contributed by atoms with Gasteiger partial charge in [-0.15, -0.1) is 0 Å². The summed E-state index contributed by atoms with van der Waals surface area (Å²) < 4.78 is 5.44. The van der Waals surface area contributed by atoms with E-state index >= 15 is 0 Å². The normalized spacial score (nSPS) is 12.6. The Balaban J connectivity index is 2.01. The van der Waals surface area contributed by atoms with Gasteiger partial charge in [0.25, 0.3) is 0 Å². The monoisotopic (exact) mass is 297 g/mol. The lowest BCUT2D eigenvalue weighted by Crippen LogP contribution is -1.97. The molecule has 0 saturated heterocycles. The Kier molecular flexibility index (Phi) is 6.16. The van der Waals surface area contributed by atoms with Crippen LogP contribution < -0.4 is 4.74 Å². The molecule has 0 fully saturated rings. The van der Waals surface area contributed by atoms with Crippen molar-refractivity contribution in [2.24, 2.45) is 0 Å². The highest BCUT2D eigenvalue weighted by molar-refractivity contribution is 5.84. The van der Waals surface area contributed by atoms with Crippen molar-refractivity contribution in [3.8, 4) is 5.88 Å². The Labute approximate surface area is 132 Å². The van der Waals surface area contributed by atoms with Crippen LogP contribution in [0.3, 0.4) is 0 Å². The van der Waals surface area contributed by atoms with Crippen molar-refractivity contribution in [1.82, 2.24) is 4.98 Å². The molecule has 0 saturated carbocycles. The van der Waals surface area contributed by atoms with Crippen molar-refractivity contribution in [2.75, 3.05) is 6.61 Å². The number of aliphatic hydroxyl groups is 1. The third-order valence-corrected chi connectivity index (χ3v) is 3.37. The van der Waals surface area contributed by atoms with Crippen LogP contribution in [0.5, 0.6) is 5.88 Å². The van der Waals surface area contributed by atoms with Crippen LogP contribution in [0, 0.1) is 0 Å². The van der Waals surface area contributed by atoms with Gasteiger partial charge in [0.15, 0.2) is 0 Å². The number of hydrogen-bond acceptors (Lipinski definition) is 3. The first-order valence-electron chi connectivity index (χ1n) is 7.67. The molecule has 116 valence electrons. The molecule has 3 heteroatoms. The molecule has 0 aliphatic heterocycles. The first kappa shape index (κ1) is 16.2. The van der Waals surface area contributed by atoms with Gasteiger partial charge in [0.05, 0.1) is 6.10 Å². The molecule has 0 aliphatic carbocycles. The lowest BCUT2D eigenvalue weighted by Gasteiger charge is -2.04. The number of fused-ring (bicyclic) bond motifs is 1. The van der Waals surface area contributed by atoms with E-state index in [4.69, 9.17) is 4.74 Å². The number of rotatable bonds is 8. The van der Waals surface area contributed by atoms with Crippen molar-refractivity contribution < 1.29 is 9.84 Å². The molecule has 22 heavy (non-hydrogen) atoms. The average Bonchev–Trinajstić information content (AvgIpc) is 2.52. The van der Waals surface area contributed by atoms with E-state index in [0.717, 1.165) is 35.6 Å². The van der Waals surface area contributed by atoms with Gasteiger partial charge in [-0.25, -0.2) is 4.98 Å². The van der Waals surface area contributed by atoms with Crippen LogP contribution in [-0.2, 0) is 0 Å². The fraction of sp³-hybridized carbons (Fsp3) is 0.316. The van der Waals surface area contributed by atoms with Gasteiger partial charge in [0.2, 0.25) is 5.88 Å². The highest BCUT2D eigenvalue weighted by Gasteiger charge is 1.99. The van der Waals surface area contributed by atoms with Gasteiger partial charge in [0.1, 0.15) is 6.61 Å². The van der Waals surface area contributed by atoms with Gasteiger partial charge >= 0.3 is 0 Å². The Hall–Kier alpha value is -2.13. The van der Waals surface area contributed by atoms with Crippen molar-refractivity contribution in [3.63, 3.8) is 0 Å². The molecule has 0 amide bonds. The molecule has 3 nitrogen and oxygen atoms in total. The number of ether oxygens (including phenoxy) is 1. The van der Waals surface area contributed by atoms with Crippen LogP contribution in [-0.4, -0.2) is 22.8 Å². The summed E-state index contributed by atoms with van der Waals surface area (Å²) in [7, 11) is 0. The zero-order chi connectivity index (χ0) is 15.8. The van der Waals surface area contributed by atoms with E-state index < -0.39 is 0 Å². The maximum Gasteiger partial charge on any atom is 0.214 e. The molecule has 0 bridgehead atoms. The quantitative estimate of drug-likeness (QED) is 0.581. The number of aliphatic hydroxyl groups excluding tert-OH is 1. The van der Waals surface area contributed by atoms with Crippen LogP contribution in [0.2, 0.25) is 0 Å². The van der Waals surface area contributed by atoms with Crippen molar-refractivity contribution in [1.29, 1.82) is 0 Å². The molecule has 0 radical (unpaired) electrons. The minimum absolute atomic E-state index is 0.211. The standard InChI is InChI=1S/C19H23NO2/c1-3-11-22-19-13-17-10-9-16(12-18(17)14-20-19)8-6-4-5-7-15(2)21/h3,6,8-10,12-15,21H,1,4-5,7,11H2,2H3/b8-6+. The lowest BCUT2D eigenvalue weighted by molar-refractivity contribution is 0.182. The molecular formula is C19H23NO2. The molecule has 1 aromatic heterocycles. The van der Waals surface area contributed by atoms with Crippen LogP contribution in [0.15, 0.2) is 49.2 Å². The smallest absolute Gasteiger partial charge is 0.214 e. The number of benzene rings is 1. The molecule has 1 unspecified atom stereocenters. The zero-order valence-electron chi connectivity index (χ0n) is 13.0. The second-order valence-electron chi connectivity index (χ2n) is 5.41. The average molecular weight is 297 g/mol. The summed E-state index contributed by atoms with van der Waals surface area (Å²) in [6.45, 7) is 5.92. The van der Waals surface area contributed by atoms with Crippen LogP contribution in [0.4, 0.5) is 0 Å². The first-order chi connectivity index (χ1) is 10.7. The van der Waals surface area contributed by atoms with E-state index in [0.29, 0.717) is 12.5 Å². The number of allylic oxidation sites excluding steroid dienone is 1. The van der Waals surface area contributed by atoms with Crippen LogP contribution in [0.1, 0.15) is 31.7 Å². The fourth-order valence-corrected chi connectivity index (χ4v) is 2.22. The predicted octanol–water partition coefficient (Wildman–Crippen LogP) is 4.36. The molecule has 0 spiro atoms. The third kappa shape index (κ3) is 5.01. The first-order valence-corrected chi connectivity index (χ1v) is 7.67. The summed E-state index contributed by atoms with van der Waals surface area (Å²) in [6, 6.07) is 8.22. The van der Waals surface area contributed by atoms with Crippen molar-refractivity contribution in [3.05, 3.63) is 54.8 Å². The Morgan fingerprint density at radius 3 is 2.95 bits per heavy atom. The molecule has 1 aromatic carbocycles. The second kappa shape index (κ2) is 8.35. The van der Waals surface area contributed by atoms with E-state index in [2.05, 4.69) is 41.9 Å². The Morgan fingerprint density at radius 2 is 2.18 bits per heavy atom. The number of pyridine rings is 1. The molecule has 0 aliphatic rings. The maximum absolute atomic E-state index is 9.22. The zero-order valence-corrected chi connectivity index (χ0v) is 13.0. The summed E-state index contributed by atoms with van der Waals surface area (Å²) in [5.74, 6) is 0.619. The minimum Gasteiger partial charge on any atom is -0.473 e. The number of nitrogens with zero attached hydrogens (tertiary/aromatic N) is 1. The minimum atomic E-state index is -0.211. The fourth-order valence-electron chi connectivity index (χ4n) is 2.22. The van der Waals surface area contributed by atoms with E-state index in [9.17, 15) is 5.11 Å². The summed E-state index contributed by atoms with van der Waals surface area (Å²) in [5, 5.41) is 11.4. The van der Waals surface area contributed by atoms with Gasteiger partial charge in [-0.2, -0.15) is 0 Å². The van der Waals surface area contributed by atoms with Gasteiger partial charge in [0, 0.05) is 17.6 Å². The van der Waals surface area contributed by atoms with Crippen molar-refractivity contribution >= 4 is 16.8 Å². The molecule has 2 rings (SSSR count). The van der Waals surface area contributed by atoms with Gasteiger partial charge in [-0.3, -0.25) is 0 Å². The molecule has 1 atom stereocenters. The Bertz CT molecular complexity index is 647. The predicted molar refractivity (Wildman–Crippen MR) is 92.0 cm³/mol. The van der Waals surface area contributed by atoms with E-state index in [1.54, 1.807) is 6.08 Å². The molecular weight excluding hydrogens is 274 g/mol. The summed E-state index contributed by atoms with van der Waals surface area (Å²) >= 11 is 0. The van der Waals surface area contributed by atoms with E-state index in [1.165, 1.54) is 0 Å². The lowest BCUT2D eigenvalue weighted by atomic mass is 10.1. The van der Waals surface area contributed by atoms with Gasteiger partial charge in [-0.1, -0.05) is 36.9 Å². The van der Waals surface area contributed by atoms with Crippen molar-refractivity contribution in [2.45, 2.75) is 32.3 Å². The summed E-state index contributed by atoms with van der Waals surface area (Å²) in [5.41, 5.74) is 1.16. The van der Waals surface area contributed by atoms with Gasteiger partial charge in [-0.05, 0) is 43.2 Å². The summed E-state index contributed by atoms with van der Waals surface area (Å²) in [6.07, 6.45) is 10.4. The Morgan fingerprint density at radius 1 is 1.32 bits per heavy atom. The molecule has 2 aromatic rings. The highest BCUT2D eigenvalue weighted by Crippen LogP contribution is 2.20.